The molecule has 0 amide bonds. The third kappa shape index (κ3) is 5.97. The number of likely N-dealkylation sites (tertiary alicyclic amines) is 1. The lowest BCUT2D eigenvalue weighted by atomic mass is 9.84. The SMILES string of the molecule is O=S(=O)(Nc1cccc2c1CC(=CCCN1CCC(O)(c3ccc(Cl)cc3)CC1)c1cccnc1O2)C(F)(F)F. The van der Waals surface area contributed by atoms with Crippen molar-refractivity contribution in [1.29, 1.82) is 0 Å². The van der Waals surface area contributed by atoms with Crippen LogP contribution in [0.3, 0.4) is 0 Å². The summed E-state index contributed by atoms with van der Waals surface area (Å²) in [5.41, 5.74) is -4.01. The Morgan fingerprint density at radius 2 is 1.82 bits per heavy atom. The maximum atomic E-state index is 13.1. The summed E-state index contributed by atoms with van der Waals surface area (Å²) >= 11 is 5.98. The van der Waals surface area contributed by atoms with E-state index in [-0.39, 0.29) is 29.3 Å². The van der Waals surface area contributed by atoms with Gasteiger partial charge in [0.25, 0.3) is 0 Å². The van der Waals surface area contributed by atoms with Crippen LogP contribution in [0.4, 0.5) is 18.9 Å². The number of hydrogen-bond donors (Lipinski definition) is 2. The van der Waals surface area contributed by atoms with Gasteiger partial charge >= 0.3 is 15.5 Å². The summed E-state index contributed by atoms with van der Waals surface area (Å²) in [4.78, 5) is 6.54. The molecule has 7 nitrogen and oxygen atoms in total. The van der Waals surface area contributed by atoms with Crippen LogP contribution in [0.5, 0.6) is 11.6 Å². The smallest absolute Gasteiger partial charge is 0.438 e. The molecule has 3 aromatic rings. The van der Waals surface area contributed by atoms with E-state index in [1.807, 2.05) is 24.3 Å². The third-order valence-corrected chi connectivity index (χ3v) is 8.62. The summed E-state index contributed by atoms with van der Waals surface area (Å²) in [5, 5.41) is 11.8. The minimum atomic E-state index is -5.62. The fourth-order valence-electron chi connectivity index (χ4n) is 5.05. The van der Waals surface area contributed by atoms with Crippen molar-refractivity contribution in [2.75, 3.05) is 24.4 Å². The van der Waals surface area contributed by atoms with Crippen molar-refractivity contribution in [2.45, 2.75) is 36.8 Å². The number of pyridine rings is 1. The summed E-state index contributed by atoms with van der Waals surface area (Å²) < 4.78 is 70.6. The van der Waals surface area contributed by atoms with Crippen molar-refractivity contribution < 1.29 is 31.4 Å². The highest BCUT2D eigenvalue weighted by atomic mass is 35.5. The Morgan fingerprint density at radius 3 is 2.52 bits per heavy atom. The first kappa shape index (κ1) is 28.4. The van der Waals surface area contributed by atoms with Crippen molar-refractivity contribution in [3.05, 3.63) is 88.6 Å². The van der Waals surface area contributed by atoms with E-state index in [1.165, 1.54) is 12.1 Å². The summed E-state index contributed by atoms with van der Waals surface area (Å²) in [7, 11) is -5.62. The summed E-state index contributed by atoms with van der Waals surface area (Å²) in [6.07, 6.45) is 5.43. The van der Waals surface area contributed by atoms with Gasteiger partial charge in [-0.25, -0.2) is 4.98 Å². The van der Waals surface area contributed by atoms with Crippen LogP contribution < -0.4 is 9.46 Å². The van der Waals surface area contributed by atoms with E-state index in [0.29, 0.717) is 49.5 Å². The number of anilines is 1. The number of ether oxygens (including phenoxy) is 1. The molecule has 3 heterocycles. The standard InChI is InChI=1S/C28H27ClF3N3O4S/c29-21-10-8-20(9-11-21)27(36)12-16-35(17-13-27)15-3-4-19-18-23-24(34-40(37,38)28(30,31)32)6-1-7-25(23)39-26-22(19)5-2-14-33-26/h1-2,4-11,14,34,36H,3,12-13,15-18H2. The van der Waals surface area contributed by atoms with Crippen molar-refractivity contribution in [2.24, 2.45) is 0 Å². The van der Waals surface area contributed by atoms with Gasteiger partial charge in [-0.3, -0.25) is 4.72 Å². The molecule has 0 radical (unpaired) electrons. The average Bonchev–Trinajstić information content (AvgIpc) is 3.07. The zero-order chi connectivity index (χ0) is 28.5. The lowest BCUT2D eigenvalue weighted by Gasteiger charge is -2.38. The predicted octanol–water partition coefficient (Wildman–Crippen LogP) is 6.10. The Kier molecular flexibility index (Phi) is 7.84. The molecule has 0 unspecified atom stereocenters. The molecule has 2 aromatic carbocycles. The first-order valence-electron chi connectivity index (χ1n) is 12.7. The number of benzene rings is 2. The van der Waals surface area contributed by atoms with Crippen LogP contribution in [0.1, 0.15) is 36.0 Å². The molecule has 0 atom stereocenters. The van der Waals surface area contributed by atoms with E-state index in [9.17, 15) is 26.7 Å². The van der Waals surface area contributed by atoms with Crippen LogP contribution in [-0.2, 0) is 22.0 Å². The van der Waals surface area contributed by atoms with Gasteiger partial charge in [0.2, 0.25) is 5.88 Å². The van der Waals surface area contributed by atoms with E-state index in [1.54, 1.807) is 35.2 Å². The molecule has 2 aliphatic rings. The van der Waals surface area contributed by atoms with E-state index in [4.69, 9.17) is 16.3 Å². The first-order chi connectivity index (χ1) is 19.0. The Balaban J connectivity index is 1.33. The van der Waals surface area contributed by atoms with E-state index < -0.39 is 21.1 Å². The molecule has 1 saturated heterocycles. The summed E-state index contributed by atoms with van der Waals surface area (Å²) in [6.45, 7) is 2.08. The zero-order valence-corrected chi connectivity index (χ0v) is 22.9. The average molecular weight is 594 g/mol. The Bertz CT molecular complexity index is 1520. The van der Waals surface area contributed by atoms with Crippen molar-refractivity contribution in [3.63, 3.8) is 0 Å². The minimum absolute atomic E-state index is 0.140. The summed E-state index contributed by atoms with van der Waals surface area (Å²) in [5.74, 6) is 0.512. The second-order valence-corrected chi connectivity index (χ2v) is 12.0. The number of allylic oxidation sites excluding steroid dienone is 1. The molecule has 2 aliphatic heterocycles. The van der Waals surface area contributed by atoms with Crippen molar-refractivity contribution in [1.82, 2.24) is 9.88 Å². The summed E-state index contributed by atoms with van der Waals surface area (Å²) in [6, 6.07) is 15.1. The molecule has 40 heavy (non-hydrogen) atoms. The predicted molar refractivity (Wildman–Crippen MR) is 147 cm³/mol. The normalized spacial score (nSPS) is 18.4. The van der Waals surface area contributed by atoms with E-state index in [2.05, 4.69) is 9.88 Å². The van der Waals surface area contributed by atoms with E-state index in [0.717, 1.165) is 11.1 Å². The maximum Gasteiger partial charge on any atom is 0.516 e. The number of alkyl halides is 3. The fraction of sp³-hybridized carbons (Fsp3) is 0.321. The minimum Gasteiger partial charge on any atom is -0.438 e. The molecule has 0 bridgehead atoms. The molecule has 1 fully saturated rings. The quantitative estimate of drug-likeness (QED) is 0.359. The Labute approximate surface area is 235 Å². The Morgan fingerprint density at radius 1 is 1.10 bits per heavy atom. The second kappa shape index (κ2) is 11.0. The molecular weight excluding hydrogens is 567 g/mol. The van der Waals surface area contributed by atoms with Crippen LogP contribution in [-0.4, -0.2) is 48.6 Å². The van der Waals surface area contributed by atoms with E-state index >= 15 is 0 Å². The van der Waals surface area contributed by atoms with Crippen LogP contribution in [0.25, 0.3) is 5.57 Å². The van der Waals surface area contributed by atoms with Crippen molar-refractivity contribution in [3.8, 4) is 11.6 Å². The molecule has 5 rings (SSSR count). The molecule has 0 saturated carbocycles. The number of rotatable bonds is 6. The number of piperidine rings is 1. The van der Waals surface area contributed by atoms with Crippen LogP contribution in [0.15, 0.2) is 66.9 Å². The second-order valence-electron chi connectivity index (χ2n) is 9.87. The highest BCUT2D eigenvalue weighted by Gasteiger charge is 2.46. The number of nitrogens with one attached hydrogen (secondary N) is 1. The Hall–Kier alpha value is -3.12. The van der Waals surface area contributed by atoms with Gasteiger partial charge < -0.3 is 14.7 Å². The van der Waals surface area contributed by atoms with Gasteiger partial charge in [-0.05, 0) is 66.8 Å². The number of aromatic nitrogens is 1. The molecular formula is C28H27ClF3N3O4S. The van der Waals surface area contributed by atoms with Gasteiger partial charge in [0.05, 0.1) is 11.3 Å². The van der Waals surface area contributed by atoms with Gasteiger partial charge in [0.15, 0.2) is 0 Å². The molecule has 1 aromatic heterocycles. The largest absolute Gasteiger partial charge is 0.516 e. The van der Waals surface area contributed by atoms with Crippen LogP contribution >= 0.6 is 11.6 Å². The molecule has 0 aliphatic carbocycles. The number of sulfonamides is 1. The van der Waals surface area contributed by atoms with Crippen LogP contribution in [0.2, 0.25) is 5.02 Å². The number of nitrogens with zero attached hydrogens (tertiary/aromatic N) is 2. The first-order valence-corrected chi connectivity index (χ1v) is 14.6. The monoisotopic (exact) mass is 593 g/mol. The molecule has 2 N–H and O–H groups in total. The number of aliphatic hydroxyl groups is 1. The van der Waals surface area contributed by atoms with Crippen molar-refractivity contribution >= 4 is 32.9 Å². The third-order valence-electron chi connectivity index (χ3n) is 7.27. The molecule has 0 spiro atoms. The fourth-order valence-corrected chi connectivity index (χ4v) is 5.77. The zero-order valence-electron chi connectivity index (χ0n) is 21.3. The lowest BCUT2D eigenvalue weighted by molar-refractivity contribution is -0.0429. The highest BCUT2D eigenvalue weighted by molar-refractivity contribution is 7.93. The van der Waals surface area contributed by atoms with Gasteiger partial charge in [-0.15, -0.1) is 0 Å². The van der Waals surface area contributed by atoms with Gasteiger partial charge in [-0.2, -0.15) is 21.6 Å². The highest BCUT2D eigenvalue weighted by Crippen LogP contribution is 2.42. The molecule has 212 valence electrons. The molecule has 12 heteroatoms. The maximum absolute atomic E-state index is 13.1. The van der Waals surface area contributed by atoms with Gasteiger partial charge in [0, 0.05) is 48.4 Å². The topological polar surface area (TPSA) is 91.8 Å². The number of fused-ring (bicyclic) bond motifs is 2. The number of hydrogen-bond acceptors (Lipinski definition) is 6. The number of halogens is 4. The van der Waals surface area contributed by atoms with Gasteiger partial charge in [-0.1, -0.05) is 35.9 Å². The lowest BCUT2D eigenvalue weighted by Crippen LogP contribution is -2.42. The van der Waals surface area contributed by atoms with Crippen LogP contribution in [0, 0.1) is 0 Å². The van der Waals surface area contributed by atoms with Gasteiger partial charge in [0.1, 0.15) is 5.75 Å².